The molecule has 1 saturated heterocycles. The quantitative estimate of drug-likeness (QED) is 0.539. The average Bonchev–Trinajstić information content (AvgIpc) is 3.08. The zero-order chi connectivity index (χ0) is 22.1. The molecule has 2 aromatic rings. The molecule has 0 spiro atoms. The van der Waals surface area contributed by atoms with E-state index in [-0.39, 0.29) is 28.3 Å². The van der Waals surface area contributed by atoms with Gasteiger partial charge in [0.05, 0.1) is 45.6 Å². The summed E-state index contributed by atoms with van der Waals surface area (Å²) in [5, 5.41) is 1.22. The Bertz CT molecular complexity index is 1220. The van der Waals surface area contributed by atoms with Crippen LogP contribution in [-0.2, 0) is 24.4 Å². The van der Waals surface area contributed by atoms with Crippen LogP contribution in [0.2, 0.25) is 0 Å². The zero-order valence-electron chi connectivity index (χ0n) is 15.8. The number of carbonyl (C=O) groups is 2. The van der Waals surface area contributed by atoms with Crippen molar-refractivity contribution in [1.29, 1.82) is 0 Å². The standard InChI is InChI=1S/C19H18FNO7S2/c1-28-19(23)14-4-2-3-5-17(14)21-18(22)15-10-12(6-7-16(15)20)30(26,27)13-8-9-29(24,25)11-13/h2-7,10,13H,8-9,11H2,1H3,(H,21,22)/t13-/m1/s1. The first-order valence-electron chi connectivity index (χ1n) is 8.78. The molecule has 0 aliphatic carbocycles. The molecule has 1 heterocycles. The van der Waals surface area contributed by atoms with Gasteiger partial charge in [-0.05, 0) is 36.8 Å². The molecule has 0 bridgehead atoms. The lowest BCUT2D eigenvalue weighted by atomic mass is 10.1. The van der Waals surface area contributed by atoms with Crippen LogP contribution in [0.5, 0.6) is 0 Å². The maximum absolute atomic E-state index is 14.3. The number of hydrogen-bond acceptors (Lipinski definition) is 7. The van der Waals surface area contributed by atoms with E-state index in [1.807, 2.05) is 0 Å². The normalized spacial score (nSPS) is 18.0. The third-order valence-electron chi connectivity index (χ3n) is 4.72. The molecule has 2 aromatic carbocycles. The molecule has 0 saturated carbocycles. The molecule has 1 aliphatic heterocycles. The third-order valence-corrected chi connectivity index (χ3v) is 8.89. The highest BCUT2D eigenvalue weighted by Gasteiger charge is 2.38. The second-order valence-electron chi connectivity index (χ2n) is 6.70. The Balaban J connectivity index is 1.93. The van der Waals surface area contributed by atoms with Crippen molar-refractivity contribution >= 4 is 37.2 Å². The lowest BCUT2D eigenvalue weighted by Crippen LogP contribution is -2.23. The smallest absolute Gasteiger partial charge is 0.339 e. The molecule has 8 nitrogen and oxygen atoms in total. The molecule has 0 aromatic heterocycles. The van der Waals surface area contributed by atoms with Gasteiger partial charge in [-0.15, -0.1) is 0 Å². The topological polar surface area (TPSA) is 124 Å². The maximum atomic E-state index is 14.3. The van der Waals surface area contributed by atoms with Gasteiger partial charge in [-0.25, -0.2) is 26.0 Å². The molecule has 1 atom stereocenters. The van der Waals surface area contributed by atoms with Crippen molar-refractivity contribution in [1.82, 2.24) is 0 Å². The minimum atomic E-state index is -4.08. The summed E-state index contributed by atoms with van der Waals surface area (Å²) in [4.78, 5) is 24.1. The minimum absolute atomic E-state index is 0.0358. The number of nitrogens with one attached hydrogen (secondary N) is 1. The SMILES string of the molecule is COC(=O)c1ccccc1NC(=O)c1cc(S(=O)(=O)[C@@H]2CCS(=O)(=O)C2)ccc1F. The van der Waals surface area contributed by atoms with Crippen LogP contribution in [0.3, 0.4) is 0 Å². The Hall–Kier alpha value is -2.79. The van der Waals surface area contributed by atoms with E-state index in [4.69, 9.17) is 0 Å². The van der Waals surface area contributed by atoms with E-state index in [0.717, 1.165) is 25.3 Å². The van der Waals surface area contributed by atoms with Gasteiger partial charge in [0.25, 0.3) is 5.91 Å². The number of ether oxygens (including phenoxy) is 1. The molecule has 0 unspecified atom stereocenters. The summed E-state index contributed by atoms with van der Waals surface area (Å²) in [5.74, 6) is -3.41. The van der Waals surface area contributed by atoms with Crippen LogP contribution >= 0.6 is 0 Å². The number of halogens is 1. The zero-order valence-corrected chi connectivity index (χ0v) is 17.4. The largest absolute Gasteiger partial charge is 0.465 e. The van der Waals surface area contributed by atoms with Crippen molar-refractivity contribution in [2.24, 2.45) is 0 Å². The van der Waals surface area contributed by atoms with E-state index in [1.54, 1.807) is 12.1 Å². The van der Waals surface area contributed by atoms with Crippen molar-refractivity contribution < 1.29 is 35.6 Å². The lowest BCUT2D eigenvalue weighted by Gasteiger charge is -2.13. The summed E-state index contributed by atoms with van der Waals surface area (Å²) in [6.45, 7) is 0. The summed E-state index contributed by atoms with van der Waals surface area (Å²) in [6.07, 6.45) is -0.0594. The van der Waals surface area contributed by atoms with E-state index < -0.39 is 53.9 Å². The van der Waals surface area contributed by atoms with Gasteiger partial charge in [-0.3, -0.25) is 4.79 Å². The van der Waals surface area contributed by atoms with Gasteiger partial charge in [-0.1, -0.05) is 12.1 Å². The monoisotopic (exact) mass is 455 g/mol. The van der Waals surface area contributed by atoms with Gasteiger partial charge in [0.2, 0.25) is 0 Å². The number of anilines is 1. The van der Waals surface area contributed by atoms with Gasteiger partial charge in [0.1, 0.15) is 5.82 Å². The molecule has 1 fully saturated rings. The van der Waals surface area contributed by atoms with Gasteiger partial charge in [0, 0.05) is 0 Å². The molecule has 160 valence electrons. The molecular formula is C19H18FNO7S2. The predicted octanol–water partition coefficient (Wildman–Crippen LogP) is 1.83. The molecular weight excluding hydrogens is 437 g/mol. The average molecular weight is 455 g/mol. The van der Waals surface area contributed by atoms with Crippen molar-refractivity contribution in [2.75, 3.05) is 23.9 Å². The second kappa shape index (κ2) is 8.15. The highest BCUT2D eigenvalue weighted by molar-refractivity contribution is 7.96. The summed E-state index contributed by atoms with van der Waals surface area (Å²) < 4.78 is 67.7. The summed E-state index contributed by atoms with van der Waals surface area (Å²) in [6, 6.07) is 8.59. The first-order valence-corrected chi connectivity index (χ1v) is 12.1. The summed E-state index contributed by atoms with van der Waals surface area (Å²) in [5.41, 5.74) is -0.464. The first kappa shape index (κ1) is 21.9. The Morgan fingerprint density at radius 3 is 2.47 bits per heavy atom. The van der Waals surface area contributed by atoms with Gasteiger partial charge < -0.3 is 10.1 Å². The van der Waals surface area contributed by atoms with E-state index in [2.05, 4.69) is 10.1 Å². The number of esters is 1. The minimum Gasteiger partial charge on any atom is -0.465 e. The number of methoxy groups -OCH3 is 1. The molecule has 30 heavy (non-hydrogen) atoms. The Morgan fingerprint density at radius 1 is 1.13 bits per heavy atom. The Kier molecular flexibility index (Phi) is 5.95. The van der Waals surface area contributed by atoms with Crippen molar-refractivity contribution in [3.05, 3.63) is 59.4 Å². The van der Waals surface area contributed by atoms with E-state index >= 15 is 0 Å². The number of amides is 1. The fourth-order valence-electron chi connectivity index (χ4n) is 3.12. The highest BCUT2D eigenvalue weighted by atomic mass is 32.2. The molecule has 1 amide bonds. The van der Waals surface area contributed by atoms with Crippen LogP contribution in [-0.4, -0.2) is 52.6 Å². The van der Waals surface area contributed by atoms with Crippen molar-refractivity contribution in [3.63, 3.8) is 0 Å². The van der Waals surface area contributed by atoms with Gasteiger partial charge in [0.15, 0.2) is 19.7 Å². The van der Waals surface area contributed by atoms with Crippen LogP contribution in [0.4, 0.5) is 10.1 Å². The lowest BCUT2D eigenvalue weighted by molar-refractivity contribution is 0.0602. The van der Waals surface area contributed by atoms with E-state index in [0.29, 0.717) is 0 Å². The Labute approximate surface area is 172 Å². The van der Waals surface area contributed by atoms with Crippen LogP contribution in [0.1, 0.15) is 27.1 Å². The van der Waals surface area contributed by atoms with Gasteiger partial charge >= 0.3 is 5.97 Å². The molecule has 11 heteroatoms. The van der Waals surface area contributed by atoms with Gasteiger partial charge in [-0.2, -0.15) is 0 Å². The maximum Gasteiger partial charge on any atom is 0.339 e. The number of rotatable bonds is 5. The summed E-state index contributed by atoms with van der Waals surface area (Å²) >= 11 is 0. The van der Waals surface area contributed by atoms with E-state index in [9.17, 15) is 30.8 Å². The van der Waals surface area contributed by atoms with Crippen LogP contribution in [0.15, 0.2) is 47.4 Å². The number of carbonyl (C=O) groups excluding carboxylic acids is 2. The summed E-state index contributed by atoms with van der Waals surface area (Å²) in [7, 11) is -6.37. The first-order chi connectivity index (χ1) is 14.0. The molecule has 0 radical (unpaired) electrons. The predicted molar refractivity (Wildman–Crippen MR) is 106 cm³/mol. The van der Waals surface area contributed by atoms with Crippen molar-refractivity contribution in [2.45, 2.75) is 16.6 Å². The fourth-order valence-corrected chi connectivity index (χ4v) is 7.51. The second-order valence-corrected chi connectivity index (χ2v) is 11.2. The molecule has 1 aliphatic rings. The third kappa shape index (κ3) is 4.36. The van der Waals surface area contributed by atoms with Crippen LogP contribution < -0.4 is 5.32 Å². The van der Waals surface area contributed by atoms with Crippen LogP contribution in [0.25, 0.3) is 0 Å². The van der Waals surface area contributed by atoms with E-state index in [1.165, 1.54) is 12.1 Å². The highest BCUT2D eigenvalue weighted by Crippen LogP contribution is 2.27. The number of hydrogen-bond donors (Lipinski definition) is 1. The molecule has 1 N–H and O–H groups in total. The number of benzene rings is 2. The fraction of sp³-hybridized carbons (Fsp3) is 0.263. The van der Waals surface area contributed by atoms with Crippen molar-refractivity contribution in [3.8, 4) is 0 Å². The molecule has 3 rings (SSSR count). The van der Waals surface area contributed by atoms with Crippen LogP contribution in [0, 0.1) is 5.82 Å². The number of para-hydroxylation sites is 1. The Morgan fingerprint density at radius 2 is 1.83 bits per heavy atom. The number of sulfone groups is 2.